The van der Waals surface area contributed by atoms with Crippen LogP contribution in [0.3, 0.4) is 0 Å². The second kappa shape index (κ2) is 9.03. The van der Waals surface area contributed by atoms with Gasteiger partial charge in [-0.05, 0) is 29.7 Å². The molecule has 10 heteroatoms. The summed E-state index contributed by atoms with van der Waals surface area (Å²) in [5.74, 6) is -0.417. The molecule has 1 amide bonds. The fraction of sp³-hybridized carbons (Fsp3) is 0.273. The van der Waals surface area contributed by atoms with E-state index in [-0.39, 0.29) is 23.0 Å². The zero-order chi connectivity index (χ0) is 22.9. The van der Waals surface area contributed by atoms with Crippen LogP contribution in [0.1, 0.15) is 40.1 Å². The smallest absolute Gasteiger partial charge is 0.363 e. The Morgan fingerprint density at radius 1 is 1.12 bits per heavy atom. The van der Waals surface area contributed by atoms with Gasteiger partial charge in [0, 0.05) is 19.0 Å². The first-order valence-corrected chi connectivity index (χ1v) is 10.7. The molecular formula is C22H19Cl2F3N4O. The highest BCUT2D eigenvalue weighted by Gasteiger charge is 2.46. The number of anilines is 1. The van der Waals surface area contributed by atoms with Gasteiger partial charge in [-0.3, -0.25) is 4.79 Å². The first-order chi connectivity index (χ1) is 15.2. The molecule has 0 saturated heterocycles. The van der Waals surface area contributed by atoms with Crippen LogP contribution in [-0.2, 0) is 6.42 Å². The molecule has 0 spiro atoms. The average Bonchev–Trinajstić information content (AvgIpc) is 3.19. The largest absolute Gasteiger partial charge is 0.410 e. The molecule has 168 valence electrons. The molecule has 0 bridgehead atoms. The molecule has 0 fully saturated rings. The second-order valence-corrected chi connectivity index (χ2v) is 8.33. The predicted molar refractivity (Wildman–Crippen MR) is 117 cm³/mol. The number of rotatable bonds is 5. The van der Waals surface area contributed by atoms with Crippen LogP contribution in [0.25, 0.3) is 0 Å². The van der Waals surface area contributed by atoms with E-state index in [0.717, 1.165) is 10.2 Å². The number of carbonyl (C=O) groups is 1. The number of nitrogens with zero attached hydrogens (tertiary/aromatic N) is 2. The van der Waals surface area contributed by atoms with Crippen molar-refractivity contribution in [1.82, 2.24) is 15.1 Å². The van der Waals surface area contributed by atoms with Crippen molar-refractivity contribution in [3.05, 3.63) is 81.5 Å². The van der Waals surface area contributed by atoms with Gasteiger partial charge in [-0.25, -0.2) is 4.68 Å². The molecule has 2 N–H and O–H groups in total. The molecule has 5 nitrogen and oxygen atoms in total. The lowest BCUT2D eigenvalue weighted by Gasteiger charge is -2.33. The molecule has 1 aliphatic heterocycles. The Morgan fingerprint density at radius 3 is 2.56 bits per heavy atom. The van der Waals surface area contributed by atoms with Crippen molar-refractivity contribution in [3.8, 4) is 0 Å². The van der Waals surface area contributed by atoms with E-state index < -0.39 is 24.2 Å². The summed E-state index contributed by atoms with van der Waals surface area (Å²) in [6, 6.07) is 13.0. The van der Waals surface area contributed by atoms with E-state index in [0.29, 0.717) is 23.6 Å². The fourth-order valence-corrected chi connectivity index (χ4v) is 3.99. The third kappa shape index (κ3) is 4.86. The van der Waals surface area contributed by atoms with E-state index in [2.05, 4.69) is 15.7 Å². The zero-order valence-corrected chi connectivity index (χ0v) is 18.2. The van der Waals surface area contributed by atoms with E-state index >= 15 is 0 Å². The standard InChI is InChI=1S/C22H19Cl2F3N4O/c23-15-7-6-14(10-16(15)24)17-11-19(22(25,26)27)31-20(29-17)12-18(30-31)21(32)28-9-8-13-4-2-1-3-5-13/h1-7,10,12,17,19,29H,8-9,11H2,(H,28,32)/t17-,19-/m0/s1. The molecule has 32 heavy (non-hydrogen) atoms. The van der Waals surface area contributed by atoms with Crippen molar-refractivity contribution in [2.75, 3.05) is 11.9 Å². The normalized spacial score (nSPS) is 18.0. The molecule has 0 saturated carbocycles. The molecule has 1 aromatic heterocycles. The van der Waals surface area contributed by atoms with Gasteiger partial charge in [-0.15, -0.1) is 0 Å². The lowest BCUT2D eigenvalue weighted by Crippen LogP contribution is -2.35. The lowest BCUT2D eigenvalue weighted by molar-refractivity contribution is -0.173. The summed E-state index contributed by atoms with van der Waals surface area (Å²) in [6.07, 6.45) is -4.24. The molecule has 0 unspecified atom stereocenters. The number of alkyl halides is 3. The van der Waals surface area contributed by atoms with Crippen molar-refractivity contribution in [2.24, 2.45) is 0 Å². The van der Waals surface area contributed by atoms with Crippen molar-refractivity contribution in [1.29, 1.82) is 0 Å². The highest BCUT2D eigenvalue weighted by atomic mass is 35.5. The molecule has 2 atom stereocenters. The maximum Gasteiger partial charge on any atom is 0.410 e. The van der Waals surface area contributed by atoms with Crippen LogP contribution < -0.4 is 10.6 Å². The van der Waals surface area contributed by atoms with Gasteiger partial charge in [-0.2, -0.15) is 18.3 Å². The van der Waals surface area contributed by atoms with Gasteiger partial charge < -0.3 is 10.6 Å². The van der Waals surface area contributed by atoms with Crippen molar-refractivity contribution < 1.29 is 18.0 Å². The highest BCUT2D eigenvalue weighted by Crippen LogP contribution is 2.44. The Kier molecular flexibility index (Phi) is 6.35. The SMILES string of the molecule is O=C(NCCc1ccccc1)c1cc2n(n1)[C@H](C(F)(F)F)C[C@@H](c1ccc(Cl)c(Cl)c1)N2. The van der Waals surface area contributed by atoms with E-state index in [9.17, 15) is 18.0 Å². The number of amides is 1. The van der Waals surface area contributed by atoms with Crippen LogP contribution in [0.4, 0.5) is 19.0 Å². The lowest BCUT2D eigenvalue weighted by atomic mass is 9.97. The third-order valence-electron chi connectivity index (χ3n) is 5.31. The molecule has 0 radical (unpaired) electrons. The number of fused-ring (bicyclic) bond motifs is 1. The minimum atomic E-state index is -4.54. The number of nitrogens with one attached hydrogen (secondary N) is 2. The maximum atomic E-state index is 13.8. The average molecular weight is 483 g/mol. The van der Waals surface area contributed by atoms with E-state index in [4.69, 9.17) is 23.2 Å². The Hall–Kier alpha value is -2.71. The Balaban J connectivity index is 1.53. The van der Waals surface area contributed by atoms with Crippen LogP contribution >= 0.6 is 23.2 Å². The minimum Gasteiger partial charge on any atom is -0.363 e. The van der Waals surface area contributed by atoms with Gasteiger partial charge in [0.05, 0.1) is 16.1 Å². The summed E-state index contributed by atoms with van der Waals surface area (Å²) in [6.45, 7) is 0.340. The number of benzene rings is 2. The van der Waals surface area contributed by atoms with Crippen LogP contribution in [0.15, 0.2) is 54.6 Å². The van der Waals surface area contributed by atoms with Gasteiger partial charge >= 0.3 is 6.18 Å². The number of hydrogen-bond acceptors (Lipinski definition) is 3. The summed E-state index contributed by atoms with van der Waals surface area (Å²) < 4.78 is 42.3. The summed E-state index contributed by atoms with van der Waals surface area (Å²) in [5, 5.41) is 10.3. The van der Waals surface area contributed by atoms with Crippen LogP contribution in [0.5, 0.6) is 0 Å². The van der Waals surface area contributed by atoms with Crippen molar-refractivity contribution in [3.63, 3.8) is 0 Å². The molecule has 2 aromatic carbocycles. The monoisotopic (exact) mass is 482 g/mol. The van der Waals surface area contributed by atoms with E-state index in [1.807, 2.05) is 30.3 Å². The van der Waals surface area contributed by atoms with Crippen molar-refractivity contribution >= 4 is 34.9 Å². The van der Waals surface area contributed by atoms with Crippen LogP contribution in [-0.4, -0.2) is 28.4 Å². The summed E-state index contributed by atoms with van der Waals surface area (Å²) in [4.78, 5) is 12.5. The molecular weight excluding hydrogens is 464 g/mol. The van der Waals surface area contributed by atoms with Gasteiger partial charge in [0.25, 0.3) is 5.91 Å². The van der Waals surface area contributed by atoms with E-state index in [1.54, 1.807) is 12.1 Å². The summed E-state index contributed by atoms with van der Waals surface area (Å²) >= 11 is 12.0. The third-order valence-corrected chi connectivity index (χ3v) is 6.05. The quantitative estimate of drug-likeness (QED) is 0.481. The first-order valence-electron chi connectivity index (χ1n) is 9.92. The van der Waals surface area contributed by atoms with Gasteiger partial charge in [0.15, 0.2) is 11.7 Å². The predicted octanol–water partition coefficient (Wildman–Crippen LogP) is 5.82. The van der Waals surface area contributed by atoms with Crippen LogP contribution in [0.2, 0.25) is 10.0 Å². The zero-order valence-electron chi connectivity index (χ0n) is 16.7. The number of hydrogen-bond donors (Lipinski definition) is 2. The highest BCUT2D eigenvalue weighted by molar-refractivity contribution is 6.42. The van der Waals surface area contributed by atoms with Gasteiger partial charge in [0.2, 0.25) is 0 Å². The molecule has 3 aromatic rings. The number of carbonyl (C=O) groups excluding carboxylic acids is 1. The van der Waals surface area contributed by atoms with Crippen LogP contribution in [0, 0.1) is 0 Å². The fourth-order valence-electron chi connectivity index (χ4n) is 3.69. The molecule has 4 rings (SSSR count). The Bertz CT molecular complexity index is 1120. The Morgan fingerprint density at radius 2 is 1.88 bits per heavy atom. The number of halogens is 5. The molecule has 1 aliphatic rings. The number of aromatic nitrogens is 2. The second-order valence-electron chi connectivity index (χ2n) is 7.51. The molecule has 0 aliphatic carbocycles. The Labute approximate surface area is 192 Å². The minimum absolute atomic E-state index is 0.0791. The molecule has 2 heterocycles. The van der Waals surface area contributed by atoms with Gasteiger partial charge in [-0.1, -0.05) is 59.6 Å². The maximum absolute atomic E-state index is 13.8. The topological polar surface area (TPSA) is 59.0 Å². The van der Waals surface area contributed by atoms with Gasteiger partial charge in [0.1, 0.15) is 5.82 Å². The first kappa shape index (κ1) is 22.5. The van der Waals surface area contributed by atoms with E-state index in [1.165, 1.54) is 12.1 Å². The van der Waals surface area contributed by atoms with Crippen molar-refractivity contribution in [2.45, 2.75) is 31.1 Å². The summed E-state index contributed by atoms with van der Waals surface area (Å²) in [7, 11) is 0. The summed E-state index contributed by atoms with van der Waals surface area (Å²) in [5.41, 5.74) is 1.53.